The SMILES string of the molecule is CC[C@H](C)[C@H](CC(C)=O)C(=O)NCCCC(=O)OCc1ccccc1. The van der Waals surface area contributed by atoms with Crippen molar-refractivity contribution in [3.05, 3.63) is 35.9 Å². The summed E-state index contributed by atoms with van der Waals surface area (Å²) in [6, 6.07) is 9.50. The molecule has 0 aromatic heterocycles. The maximum absolute atomic E-state index is 12.3. The number of carbonyl (C=O) groups excluding carboxylic acids is 3. The molecule has 1 aromatic carbocycles. The van der Waals surface area contributed by atoms with Gasteiger partial charge in [-0.2, -0.15) is 0 Å². The molecule has 0 radical (unpaired) electrons. The first-order valence-electron chi connectivity index (χ1n) is 8.90. The van der Waals surface area contributed by atoms with Gasteiger partial charge in [-0.05, 0) is 24.8 Å². The van der Waals surface area contributed by atoms with Crippen LogP contribution in [0, 0.1) is 11.8 Å². The Morgan fingerprint density at radius 1 is 1.16 bits per heavy atom. The maximum atomic E-state index is 12.3. The van der Waals surface area contributed by atoms with Crippen LogP contribution in [0.3, 0.4) is 0 Å². The highest BCUT2D eigenvalue weighted by molar-refractivity contribution is 5.85. The molecule has 5 nitrogen and oxygen atoms in total. The molecule has 1 aromatic rings. The molecule has 0 heterocycles. The second kappa shape index (κ2) is 11.4. The molecular formula is C20H29NO4. The van der Waals surface area contributed by atoms with Crippen molar-refractivity contribution in [2.24, 2.45) is 11.8 Å². The van der Waals surface area contributed by atoms with Crippen LogP contribution in [-0.2, 0) is 25.7 Å². The van der Waals surface area contributed by atoms with Crippen LogP contribution in [0.15, 0.2) is 30.3 Å². The van der Waals surface area contributed by atoms with E-state index in [-0.39, 0.29) is 48.9 Å². The third-order valence-electron chi connectivity index (χ3n) is 4.27. The Morgan fingerprint density at radius 2 is 1.84 bits per heavy atom. The number of benzene rings is 1. The highest BCUT2D eigenvalue weighted by Gasteiger charge is 2.25. The fraction of sp³-hybridized carbons (Fsp3) is 0.550. The monoisotopic (exact) mass is 347 g/mol. The van der Waals surface area contributed by atoms with Gasteiger partial charge in [-0.25, -0.2) is 0 Å². The minimum atomic E-state index is -0.299. The second-order valence-corrected chi connectivity index (χ2v) is 6.44. The van der Waals surface area contributed by atoms with E-state index in [9.17, 15) is 14.4 Å². The number of amides is 1. The van der Waals surface area contributed by atoms with Crippen molar-refractivity contribution in [1.82, 2.24) is 5.32 Å². The molecule has 0 bridgehead atoms. The summed E-state index contributed by atoms with van der Waals surface area (Å²) in [7, 11) is 0. The molecule has 0 fully saturated rings. The molecule has 0 saturated carbocycles. The number of rotatable bonds is 11. The molecule has 0 aliphatic rings. The largest absolute Gasteiger partial charge is 0.461 e. The minimum Gasteiger partial charge on any atom is -0.461 e. The van der Waals surface area contributed by atoms with Crippen LogP contribution in [-0.4, -0.2) is 24.2 Å². The number of ketones is 1. The van der Waals surface area contributed by atoms with Crippen LogP contribution < -0.4 is 5.32 Å². The van der Waals surface area contributed by atoms with E-state index in [0.29, 0.717) is 13.0 Å². The molecule has 0 saturated heterocycles. The minimum absolute atomic E-state index is 0.0185. The predicted molar refractivity (Wildman–Crippen MR) is 96.7 cm³/mol. The van der Waals surface area contributed by atoms with Gasteiger partial charge in [0, 0.05) is 25.3 Å². The topological polar surface area (TPSA) is 72.5 Å². The average Bonchev–Trinajstić information content (AvgIpc) is 2.61. The number of Topliss-reactive ketones (excluding diaryl/α,β-unsaturated/α-hetero) is 1. The molecule has 0 aliphatic heterocycles. The highest BCUT2D eigenvalue weighted by atomic mass is 16.5. The quantitative estimate of drug-likeness (QED) is 0.492. The molecule has 2 atom stereocenters. The smallest absolute Gasteiger partial charge is 0.306 e. The van der Waals surface area contributed by atoms with Gasteiger partial charge < -0.3 is 14.8 Å². The molecule has 0 spiro atoms. The normalized spacial score (nSPS) is 12.9. The molecule has 1 amide bonds. The van der Waals surface area contributed by atoms with Crippen molar-refractivity contribution in [1.29, 1.82) is 0 Å². The molecule has 0 unspecified atom stereocenters. The van der Waals surface area contributed by atoms with E-state index < -0.39 is 0 Å². The standard InChI is InChI=1S/C20H29NO4/c1-4-15(2)18(13-16(3)22)20(24)21-12-8-11-19(23)25-14-17-9-6-5-7-10-17/h5-7,9-10,15,18H,4,8,11-14H2,1-3H3,(H,21,24)/t15-,18-/m0/s1. The zero-order chi connectivity index (χ0) is 18.7. The fourth-order valence-electron chi connectivity index (χ4n) is 2.53. The Kier molecular flexibility index (Phi) is 9.51. The fourth-order valence-corrected chi connectivity index (χ4v) is 2.53. The van der Waals surface area contributed by atoms with E-state index in [1.165, 1.54) is 6.92 Å². The van der Waals surface area contributed by atoms with Crippen LogP contribution >= 0.6 is 0 Å². The first-order chi connectivity index (χ1) is 11.9. The third-order valence-corrected chi connectivity index (χ3v) is 4.27. The number of esters is 1. The van der Waals surface area contributed by atoms with Crippen molar-refractivity contribution < 1.29 is 19.1 Å². The molecule has 25 heavy (non-hydrogen) atoms. The molecule has 1 N–H and O–H groups in total. The Hall–Kier alpha value is -2.17. The van der Waals surface area contributed by atoms with Gasteiger partial charge in [0.05, 0.1) is 0 Å². The zero-order valence-electron chi connectivity index (χ0n) is 15.4. The number of hydrogen-bond acceptors (Lipinski definition) is 4. The summed E-state index contributed by atoms with van der Waals surface area (Å²) < 4.78 is 5.19. The Morgan fingerprint density at radius 3 is 2.44 bits per heavy atom. The van der Waals surface area contributed by atoms with Gasteiger partial charge in [-0.3, -0.25) is 9.59 Å². The molecular weight excluding hydrogens is 318 g/mol. The predicted octanol–water partition coefficient (Wildman–Crippen LogP) is 3.27. The number of hydrogen-bond donors (Lipinski definition) is 1. The Labute approximate surface area is 150 Å². The van der Waals surface area contributed by atoms with Gasteiger partial charge in [0.25, 0.3) is 0 Å². The zero-order valence-corrected chi connectivity index (χ0v) is 15.4. The molecule has 1 rings (SSSR count). The maximum Gasteiger partial charge on any atom is 0.306 e. The number of nitrogens with one attached hydrogen (secondary N) is 1. The van der Waals surface area contributed by atoms with Crippen LogP contribution in [0.1, 0.15) is 52.0 Å². The van der Waals surface area contributed by atoms with Crippen molar-refractivity contribution in [3.63, 3.8) is 0 Å². The van der Waals surface area contributed by atoms with Gasteiger partial charge in [0.2, 0.25) is 5.91 Å². The van der Waals surface area contributed by atoms with Gasteiger partial charge in [-0.15, -0.1) is 0 Å². The molecule has 138 valence electrons. The van der Waals surface area contributed by atoms with Crippen molar-refractivity contribution in [2.45, 2.75) is 53.1 Å². The summed E-state index contributed by atoms with van der Waals surface area (Å²) in [6.07, 6.45) is 1.89. The highest BCUT2D eigenvalue weighted by Crippen LogP contribution is 2.19. The average molecular weight is 347 g/mol. The van der Waals surface area contributed by atoms with Crippen molar-refractivity contribution in [3.8, 4) is 0 Å². The van der Waals surface area contributed by atoms with Gasteiger partial charge in [0.1, 0.15) is 12.4 Å². The number of carbonyl (C=O) groups is 3. The van der Waals surface area contributed by atoms with Gasteiger partial charge in [0.15, 0.2) is 0 Å². The van der Waals surface area contributed by atoms with Crippen LogP contribution in [0.5, 0.6) is 0 Å². The molecule has 0 aliphatic carbocycles. The van der Waals surface area contributed by atoms with E-state index in [1.54, 1.807) is 0 Å². The summed E-state index contributed by atoms with van der Waals surface area (Å²) in [5.74, 6) is -0.514. The summed E-state index contributed by atoms with van der Waals surface area (Å²) in [4.78, 5) is 35.3. The third kappa shape index (κ3) is 8.47. The first kappa shape index (κ1) is 20.9. The van der Waals surface area contributed by atoms with Crippen molar-refractivity contribution >= 4 is 17.7 Å². The molecule has 5 heteroatoms. The van der Waals surface area contributed by atoms with E-state index >= 15 is 0 Å². The Bertz CT molecular complexity index is 556. The van der Waals surface area contributed by atoms with Gasteiger partial charge >= 0.3 is 5.97 Å². The van der Waals surface area contributed by atoms with Crippen LogP contribution in [0.4, 0.5) is 0 Å². The second-order valence-electron chi connectivity index (χ2n) is 6.44. The van der Waals surface area contributed by atoms with Crippen LogP contribution in [0.2, 0.25) is 0 Å². The summed E-state index contributed by atoms with van der Waals surface area (Å²) in [5.41, 5.74) is 0.949. The lowest BCUT2D eigenvalue weighted by Gasteiger charge is -2.21. The summed E-state index contributed by atoms with van der Waals surface area (Å²) in [5, 5.41) is 2.83. The van der Waals surface area contributed by atoms with Gasteiger partial charge in [-0.1, -0.05) is 50.6 Å². The van der Waals surface area contributed by atoms with E-state index in [1.807, 2.05) is 44.2 Å². The first-order valence-corrected chi connectivity index (χ1v) is 8.90. The Balaban J connectivity index is 2.27. The van der Waals surface area contributed by atoms with E-state index in [2.05, 4.69) is 5.32 Å². The lowest BCUT2D eigenvalue weighted by atomic mass is 9.87. The lowest BCUT2D eigenvalue weighted by molar-refractivity contribution is -0.145. The number of ether oxygens (including phenoxy) is 1. The summed E-state index contributed by atoms with van der Waals surface area (Å²) in [6.45, 7) is 6.16. The lowest BCUT2D eigenvalue weighted by Crippen LogP contribution is -2.36. The summed E-state index contributed by atoms with van der Waals surface area (Å²) >= 11 is 0. The van der Waals surface area contributed by atoms with Crippen molar-refractivity contribution in [2.75, 3.05) is 6.54 Å². The van der Waals surface area contributed by atoms with E-state index in [0.717, 1.165) is 12.0 Å². The van der Waals surface area contributed by atoms with Crippen LogP contribution in [0.25, 0.3) is 0 Å². The van der Waals surface area contributed by atoms with E-state index in [4.69, 9.17) is 4.74 Å².